The molecule has 0 bridgehead atoms. The van der Waals surface area contributed by atoms with Crippen molar-refractivity contribution in [3.63, 3.8) is 0 Å². The average molecular weight is 233 g/mol. The molecule has 4 nitrogen and oxygen atoms in total. The molecule has 1 aromatic rings. The minimum atomic E-state index is 0.0212. The van der Waals surface area contributed by atoms with Gasteiger partial charge in [-0.25, -0.2) is 0 Å². The molecule has 2 rings (SSSR count). The van der Waals surface area contributed by atoms with Crippen LogP contribution < -0.4 is 11.1 Å². The fourth-order valence-electron chi connectivity index (χ4n) is 2.18. The summed E-state index contributed by atoms with van der Waals surface area (Å²) in [7, 11) is 0. The van der Waals surface area contributed by atoms with Gasteiger partial charge in [0, 0.05) is 0 Å². The topological polar surface area (TPSA) is 58.4 Å². The van der Waals surface area contributed by atoms with Crippen molar-refractivity contribution in [2.24, 2.45) is 0 Å². The molecule has 0 aliphatic carbocycles. The third-order valence-corrected chi connectivity index (χ3v) is 3.14. The molecule has 0 spiro atoms. The van der Waals surface area contributed by atoms with Crippen LogP contribution in [0.5, 0.6) is 0 Å². The standard InChI is InChI=1S/C13H19N3O/c1-10-5-4-6-11(14)13(10)15-12(17)9-16-7-2-3-8-16/h4-6H,2-3,7-9,14H2,1H3,(H,15,17). The molecule has 1 aliphatic heterocycles. The number of amides is 1. The maximum absolute atomic E-state index is 11.9. The van der Waals surface area contributed by atoms with Crippen LogP contribution in [0.3, 0.4) is 0 Å². The van der Waals surface area contributed by atoms with Gasteiger partial charge in [-0.3, -0.25) is 9.69 Å². The maximum Gasteiger partial charge on any atom is 0.238 e. The van der Waals surface area contributed by atoms with Gasteiger partial charge in [-0.2, -0.15) is 0 Å². The molecule has 0 aromatic heterocycles. The lowest BCUT2D eigenvalue weighted by Crippen LogP contribution is -2.31. The Kier molecular flexibility index (Phi) is 3.64. The Morgan fingerprint density at radius 3 is 2.76 bits per heavy atom. The van der Waals surface area contributed by atoms with E-state index in [0.717, 1.165) is 24.3 Å². The van der Waals surface area contributed by atoms with Crippen LogP contribution in [-0.4, -0.2) is 30.4 Å². The Morgan fingerprint density at radius 1 is 1.41 bits per heavy atom. The number of aryl methyl sites for hydroxylation is 1. The van der Waals surface area contributed by atoms with Crippen molar-refractivity contribution in [2.75, 3.05) is 30.7 Å². The van der Waals surface area contributed by atoms with E-state index in [-0.39, 0.29) is 5.91 Å². The Hall–Kier alpha value is -1.55. The molecular weight excluding hydrogens is 214 g/mol. The molecule has 3 N–H and O–H groups in total. The highest BCUT2D eigenvalue weighted by Gasteiger charge is 2.16. The van der Waals surface area contributed by atoms with E-state index in [2.05, 4.69) is 10.2 Å². The van der Waals surface area contributed by atoms with Gasteiger partial charge in [0.15, 0.2) is 0 Å². The fourth-order valence-corrected chi connectivity index (χ4v) is 2.18. The van der Waals surface area contributed by atoms with Gasteiger partial charge in [0.2, 0.25) is 5.91 Å². The highest BCUT2D eigenvalue weighted by Crippen LogP contribution is 2.22. The lowest BCUT2D eigenvalue weighted by atomic mass is 10.1. The van der Waals surface area contributed by atoms with E-state index in [1.54, 1.807) is 6.07 Å². The monoisotopic (exact) mass is 233 g/mol. The molecule has 0 unspecified atom stereocenters. The largest absolute Gasteiger partial charge is 0.397 e. The number of anilines is 2. The van der Waals surface area contributed by atoms with Crippen molar-refractivity contribution in [3.8, 4) is 0 Å². The number of hydrogen-bond donors (Lipinski definition) is 2. The quantitative estimate of drug-likeness (QED) is 0.780. The number of carbonyl (C=O) groups excluding carboxylic acids is 1. The number of likely N-dealkylation sites (tertiary alicyclic amines) is 1. The number of carbonyl (C=O) groups is 1. The number of hydrogen-bond acceptors (Lipinski definition) is 3. The number of nitrogens with two attached hydrogens (primary N) is 1. The summed E-state index contributed by atoms with van der Waals surface area (Å²) in [4.78, 5) is 14.0. The van der Waals surface area contributed by atoms with Gasteiger partial charge in [0.05, 0.1) is 17.9 Å². The van der Waals surface area contributed by atoms with E-state index in [0.29, 0.717) is 12.2 Å². The first-order chi connectivity index (χ1) is 8.16. The molecule has 1 aliphatic rings. The smallest absolute Gasteiger partial charge is 0.238 e. The van der Waals surface area contributed by atoms with Gasteiger partial charge in [-0.05, 0) is 44.5 Å². The first-order valence-corrected chi connectivity index (χ1v) is 6.04. The van der Waals surface area contributed by atoms with Crippen molar-refractivity contribution in [1.29, 1.82) is 0 Å². The highest BCUT2D eigenvalue weighted by molar-refractivity contribution is 5.96. The normalized spacial score (nSPS) is 16.1. The SMILES string of the molecule is Cc1cccc(N)c1NC(=O)CN1CCCC1. The van der Waals surface area contributed by atoms with E-state index in [1.807, 2.05) is 19.1 Å². The molecule has 0 saturated carbocycles. The molecule has 17 heavy (non-hydrogen) atoms. The summed E-state index contributed by atoms with van der Waals surface area (Å²) in [5, 5.41) is 2.90. The molecule has 0 atom stereocenters. The van der Waals surface area contributed by atoms with Gasteiger partial charge >= 0.3 is 0 Å². The lowest BCUT2D eigenvalue weighted by molar-refractivity contribution is -0.117. The van der Waals surface area contributed by atoms with Gasteiger partial charge in [-0.1, -0.05) is 12.1 Å². The van der Waals surface area contributed by atoms with Crippen LogP contribution in [0.1, 0.15) is 18.4 Å². The van der Waals surface area contributed by atoms with Gasteiger partial charge in [-0.15, -0.1) is 0 Å². The van der Waals surface area contributed by atoms with E-state index < -0.39 is 0 Å². The predicted octanol–water partition coefficient (Wildman–Crippen LogP) is 1.61. The zero-order chi connectivity index (χ0) is 12.3. The van der Waals surface area contributed by atoms with E-state index >= 15 is 0 Å². The minimum absolute atomic E-state index is 0.0212. The van der Waals surface area contributed by atoms with E-state index in [4.69, 9.17) is 5.73 Å². The van der Waals surface area contributed by atoms with Gasteiger partial charge in [0.1, 0.15) is 0 Å². The van der Waals surface area contributed by atoms with Crippen LogP contribution in [0.4, 0.5) is 11.4 Å². The highest BCUT2D eigenvalue weighted by atomic mass is 16.2. The number of rotatable bonds is 3. The van der Waals surface area contributed by atoms with E-state index in [9.17, 15) is 4.79 Å². The Balaban J connectivity index is 1.97. The van der Waals surface area contributed by atoms with Crippen LogP contribution in [0.25, 0.3) is 0 Å². The van der Waals surface area contributed by atoms with Crippen LogP contribution in [-0.2, 0) is 4.79 Å². The molecule has 1 aromatic carbocycles. The minimum Gasteiger partial charge on any atom is -0.397 e. The van der Waals surface area contributed by atoms with Crippen LogP contribution in [0.15, 0.2) is 18.2 Å². The van der Waals surface area contributed by atoms with Gasteiger partial charge in [0.25, 0.3) is 0 Å². The molecule has 1 fully saturated rings. The summed E-state index contributed by atoms with van der Waals surface area (Å²) < 4.78 is 0. The first-order valence-electron chi connectivity index (χ1n) is 6.04. The summed E-state index contributed by atoms with van der Waals surface area (Å²) in [5.74, 6) is 0.0212. The molecule has 1 saturated heterocycles. The Labute approximate surface area is 102 Å². The zero-order valence-corrected chi connectivity index (χ0v) is 10.2. The summed E-state index contributed by atoms with van der Waals surface area (Å²) in [6.45, 7) is 4.46. The summed E-state index contributed by atoms with van der Waals surface area (Å²) >= 11 is 0. The number of benzene rings is 1. The molecule has 92 valence electrons. The molecule has 1 amide bonds. The summed E-state index contributed by atoms with van der Waals surface area (Å²) in [6.07, 6.45) is 2.39. The Morgan fingerprint density at radius 2 is 2.12 bits per heavy atom. The van der Waals surface area contributed by atoms with Crippen LogP contribution >= 0.6 is 0 Å². The summed E-state index contributed by atoms with van der Waals surface area (Å²) in [6, 6.07) is 5.64. The number of nitrogens with one attached hydrogen (secondary N) is 1. The van der Waals surface area contributed by atoms with Crippen LogP contribution in [0.2, 0.25) is 0 Å². The maximum atomic E-state index is 11.9. The Bertz CT molecular complexity index is 391. The van der Waals surface area contributed by atoms with Crippen LogP contribution in [0, 0.1) is 6.92 Å². The van der Waals surface area contributed by atoms with E-state index in [1.165, 1.54) is 12.8 Å². The second kappa shape index (κ2) is 5.19. The molecule has 4 heteroatoms. The van der Waals surface area contributed by atoms with Gasteiger partial charge < -0.3 is 11.1 Å². The van der Waals surface area contributed by atoms with Crippen molar-refractivity contribution >= 4 is 17.3 Å². The third-order valence-electron chi connectivity index (χ3n) is 3.14. The molecular formula is C13H19N3O. The fraction of sp³-hybridized carbons (Fsp3) is 0.462. The second-order valence-corrected chi connectivity index (χ2v) is 4.57. The van der Waals surface area contributed by atoms with Crippen molar-refractivity contribution in [1.82, 2.24) is 4.90 Å². The number of nitrogen functional groups attached to an aromatic ring is 1. The first kappa shape index (κ1) is 11.9. The average Bonchev–Trinajstić information content (AvgIpc) is 2.76. The third kappa shape index (κ3) is 2.97. The second-order valence-electron chi connectivity index (χ2n) is 4.57. The van der Waals surface area contributed by atoms with Crippen molar-refractivity contribution < 1.29 is 4.79 Å². The lowest BCUT2D eigenvalue weighted by Gasteiger charge is -2.16. The molecule has 0 radical (unpaired) electrons. The number of para-hydroxylation sites is 1. The predicted molar refractivity (Wildman–Crippen MR) is 69.9 cm³/mol. The van der Waals surface area contributed by atoms with Crippen molar-refractivity contribution in [2.45, 2.75) is 19.8 Å². The molecule has 1 heterocycles. The zero-order valence-electron chi connectivity index (χ0n) is 10.2. The number of nitrogens with zero attached hydrogens (tertiary/aromatic N) is 1. The van der Waals surface area contributed by atoms with Crippen molar-refractivity contribution in [3.05, 3.63) is 23.8 Å². The summed E-state index contributed by atoms with van der Waals surface area (Å²) in [5.41, 5.74) is 8.22.